The van der Waals surface area contributed by atoms with Crippen molar-refractivity contribution in [3.05, 3.63) is 59.4 Å². The maximum Gasteiger partial charge on any atom is 0.130 e. The number of halogens is 1. The largest absolute Gasteiger partial charge is 0.457 e. The molecule has 1 N–H and O–H groups in total. The van der Waals surface area contributed by atoms with Gasteiger partial charge in [-0.1, -0.05) is 12.1 Å². The van der Waals surface area contributed by atoms with Gasteiger partial charge in [0.15, 0.2) is 0 Å². The van der Waals surface area contributed by atoms with Crippen molar-refractivity contribution < 1.29 is 9.13 Å². The van der Waals surface area contributed by atoms with Gasteiger partial charge in [-0.3, -0.25) is 0 Å². The zero-order valence-corrected chi connectivity index (χ0v) is 13.0. The van der Waals surface area contributed by atoms with Gasteiger partial charge in [0.1, 0.15) is 17.3 Å². The number of nitrogens with one attached hydrogen (secondary N) is 1. The van der Waals surface area contributed by atoms with Crippen LogP contribution in [0.3, 0.4) is 0 Å². The van der Waals surface area contributed by atoms with Crippen LogP contribution >= 0.6 is 0 Å². The molecule has 0 atom stereocenters. The van der Waals surface area contributed by atoms with E-state index in [-0.39, 0.29) is 11.4 Å². The summed E-state index contributed by atoms with van der Waals surface area (Å²) in [5, 5.41) is 3.44. The highest BCUT2D eigenvalue weighted by Crippen LogP contribution is 2.25. The molecule has 2 aromatic carbocycles. The van der Waals surface area contributed by atoms with Gasteiger partial charge < -0.3 is 10.1 Å². The summed E-state index contributed by atoms with van der Waals surface area (Å²) >= 11 is 0. The van der Waals surface area contributed by atoms with Crippen LogP contribution in [-0.2, 0) is 6.54 Å². The van der Waals surface area contributed by atoms with Gasteiger partial charge >= 0.3 is 0 Å². The zero-order valence-electron chi connectivity index (χ0n) is 13.0. The Labute approximate surface area is 126 Å². The molecule has 0 bridgehead atoms. The molecule has 0 fully saturated rings. The zero-order chi connectivity index (χ0) is 15.5. The van der Waals surface area contributed by atoms with Crippen LogP contribution < -0.4 is 10.1 Å². The molecule has 0 amide bonds. The molecule has 0 spiro atoms. The standard InChI is InChI=1S/C18H22FNO/c1-13-11-15(19)7-10-17(13)21-16-8-5-14(6-9-16)12-20-18(2,3)4/h5-11,20H,12H2,1-4H3. The van der Waals surface area contributed by atoms with Crippen molar-refractivity contribution in [2.75, 3.05) is 0 Å². The minimum absolute atomic E-state index is 0.0976. The molecule has 2 aromatic rings. The van der Waals surface area contributed by atoms with Crippen molar-refractivity contribution in [1.82, 2.24) is 5.32 Å². The third kappa shape index (κ3) is 4.87. The highest BCUT2D eigenvalue weighted by molar-refractivity contribution is 5.38. The van der Waals surface area contributed by atoms with Crippen molar-refractivity contribution in [3.63, 3.8) is 0 Å². The first-order chi connectivity index (χ1) is 9.83. The average Bonchev–Trinajstić information content (AvgIpc) is 2.40. The average molecular weight is 287 g/mol. The van der Waals surface area contributed by atoms with Crippen LogP contribution in [0.15, 0.2) is 42.5 Å². The lowest BCUT2D eigenvalue weighted by Crippen LogP contribution is -2.34. The molecule has 0 unspecified atom stereocenters. The van der Waals surface area contributed by atoms with Crippen LogP contribution in [0.2, 0.25) is 0 Å². The maximum atomic E-state index is 13.1. The Morgan fingerprint density at radius 3 is 2.29 bits per heavy atom. The summed E-state index contributed by atoms with van der Waals surface area (Å²) in [4.78, 5) is 0. The minimum atomic E-state index is -0.247. The predicted molar refractivity (Wildman–Crippen MR) is 84.2 cm³/mol. The molecule has 0 aliphatic carbocycles. The molecule has 3 heteroatoms. The molecule has 0 radical (unpaired) electrons. The minimum Gasteiger partial charge on any atom is -0.457 e. The monoisotopic (exact) mass is 287 g/mol. The number of benzene rings is 2. The molecule has 112 valence electrons. The van der Waals surface area contributed by atoms with Crippen molar-refractivity contribution in [1.29, 1.82) is 0 Å². The number of hydrogen-bond donors (Lipinski definition) is 1. The van der Waals surface area contributed by atoms with Gasteiger partial charge in [0, 0.05) is 12.1 Å². The molecule has 0 aliphatic heterocycles. The van der Waals surface area contributed by atoms with Gasteiger partial charge in [-0.05, 0) is 69.2 Å². The SMILES string of the molecule is Cc1cc(F)ccc1Oc1ccc(CNC(C)(C)C)cc1. The first-order valence-corrected chi connectivity index (χ1v) is 7.11. The molecule has 0 saturated carbocycles. The van der Waals surface area contributed by atoms with E-state index < -0.39 is 0 Å². The Morgan fingerprint density at radius 2 is 1.71 bits per heavy atom. The molecule has 0 heterocycles. The van der Waals surface area contributed by atoms with Gasteiger partial charge in [0.25, 0.3) is 0 Å². The molecule has 2 nitrogen and oxygen atoms in total. The molecule has 2 rings (SSSR count). The molecule has 0 saturated heterocycles. The summed E-state index contributed by atoms with van der Waals surface area (Å²) in [6.45, 7) is 9.07. The van der Waals surface area contributed by atoms with Gasteiger partial charge in [0.05, 0.1) is 0 Å². The van der Waals surface area contributed by atoms with E-state index in [4.69, 9.17) is 4.74 Å². The lowest BCUT2D eigenvalue weighted by atomic mass is 10.1. The first-order valence-electron chi connectivity index (χ1n) is 7.11. The van der Waals surface area contributed by atoms with Crippen molar-refractivity contribution in [2.45, 2.75) is 39.8 Å². The Bertz CT molecular complexity index is 600. The van der Waals surface area contributed by atoms with Crippen LogP contribution in [0.25, 0.3) is 0 Å². The third-order valence-electron chi connectivity index (χ3n) is 3.11. The van der Waals surface area contributed by atoms with Crippen molar-refractivity contribution >= 4 is 0 Å². The van der Waals surface area contributed by atoms with Crippen LogP contribution in [0.4, 0.5) is 4.39 Å². The van der Waals surface area contributed by atoms with E-state index in [2.05, 4.69) is 26.1 Å². The summed E-state index contributed by atoms with van der Waals surface area (Å²) in [6, 6.07) is 12.5. The summed E-state index contributed by atoms with van der Waals surface area (Å²) in [6.07, 6.45) is 0. The maximum absolute atomic E-state index is 13.1. The normalized spacial score (nSPS) is 11.5. The highest BCUT2D eigenvalue weighted by atomic mass is 19.1. The second-order valence-electron chi connectivity index (χ2n) is 6.26. The number of aryl methyl sites for hydroxylation is 1. The summed E-state index contributed by atoms with van der Waals surface area (Å²) in [5.41, 5.74) is 2.09. The van der Waals surface area contributed by atoms with Gasteiger partial charge in [-0.15, -0.1) is 0 Å². The van der Waals surface area contributed by atoms with Gasteiger partial charge in [-0.2, -0.15) is 0 Å². The van der Waals surface area contributed by atoms with E-state index in [1.165, 1.54) is 17.7 Å². The Balaban J connectivity index is 2.02. The van der Waals surface area contributed by atoms with Crippen molar-refractivity contribution in [3.8, 4) is 11.5 Å². The van der Waals surface area contributed by atoms with Crippen LogP contribution in [0.1, 0.15) is 31.9 Å². The van der Waals surface area contributed by atoms with E-state index in [1.54, 1.807) is 6.07 Å². The lowest BCUT2D eigenvalue weighted by Gasteiger charge is -2.20. The second-order valence-corrected chi connectivity index (χ2v) is 6.26. The Morgan fingerprint density at radius 1 is 1.05 bits per heavy atom. The van der Waals surface area contributed by atoms with Crippen LogP contribution in [-0.4, -0.2) is 5.54 Å². The van der Waals surface area contributed by atoms with E-state index >= 15 is 0 Å². The van der Waals surface area contributed by atoms with Gasteiger partial charge in [0.2, 0.25) is 0 Å². The highest BCUT2D eigenvalue weighted by Gasteiger charge is 2.08. The number of ether oxygens (including phenoxy) is 1. The Kier molecular flexibility index (Phi) is 4.63. The molecule has 0 aromatic heterocycles. The van der Waals surface area contributed by atoms with E-state index in [0.29, 0.717) is 5.75 Å². The summed E-state index contributed by atoms with van der Waals surface area (Å²) < 4.78 is 18.8. The van der Waals surface area contributed by atoms with E-state index in [9.17, 15) is 4.39 Å². The van der Waals surface area contributed by atoms with Crippen LogP contribution in [0.5, 0.6) is 11.5 Å². The fourth-order valence-corrected chi connectivity index (χ4v) is 1.90. The fraction of sp³-hybridized carbons (Fsp3) is 0.333. The third-order valence-corrected chi connectivity index (χ3v) is 3.11. The summed E-state index contributed by atoms with van der Waals surface area (Å²) in [7, 11) is 0. The molecular formula is C18H22FNO. The van der Waals surface area contributed by atoms with E-state index in [1.807, 2.05) is 31.2 Å². The second kappa shape index (κ2) is 6.27. The summed E-state index contributed by atoms with van der Waals surface area (Å²) in [5.74, 6) is 1.18. The van der Waals surface area contributed by atoms with Crippen LogP contribution in [0, 0.1) is 12.7 Å². The lowest BCUT2D eigenvalue weighted by molar-refractivity contribution is 0.424. The molecule has 21 heavy (non-hydrogen) atoms. The quantitative estimate of drug-likeness (QED) is 0.871. The molecular weight excluding hydrogens is 265 g/mol. The first kappa shape index (κ1) is 15.5. The van der Waals surface area contributed by atoms with Crippen molar-refractivity contribution in [2.24, 2.45) is 0 Å². The number of hydrogen-bond acceptors (Lipinski definition) is 2. The van der Waals surface area contributed by atoms with E-state index in [0.717, 1.165) is 17.9 Å². The Hall–Kier alpha value is -1.87. The smallest absolute Gasteiger partial charge is 0.130 e. The van der Waals surface area contributed by atoms with Gasteiger partial charge in [-0.25, -0.2) is 4.39 Å². The predicted octanol–water partition coefficient (Wildman–Crippen LogP) is 4.81. The number of rotatable bonds is 4. The topological polar surface area (TPSA) is 21.3 Å². The molecule has 0 aliphatic rings. The fourth-order valence-electron chi connectivity index (χ4n) is 1.90.